The Labute approximate surface area is 114 Å². The standard InChI is InChI=1S/C15H22N2O2/c1-2-12(1)13-9-18-10-14(13)17-7-8-19-15(11-17)3-5-16-6-4-15/h9-10,12,16H,1-8,11H2. The van der Waals surface area contributed by atoms with Crippen molar-refractivity contribution >= 4 is 5.69 Å². The number of piperidine rings is 1. The summed E-state index contributed by atoms with van der Waals surface area (Å²) in [6.45, 7) is 5.01. The van der Waals surface area contributed by atoms with Gasteiger partial charge in [0.1, 0.15) is 6.26 Å². The van der Waals surface area contributed by atoms with Crippen molar-refractivity contribution in [2.75, 3.05) is 37.7 Å². The first-order valence-corrected chi connectivity index (χ1v) is 7.52. The van der Waals surface area contributed by atoms with E-state index in [0.29, 0.717) is 0 Å². The fraction of sp³-hybridized carbons (Fsp3) is 0.733. The van der Waals surface area contributed by atoms with Crippen LogP contribution >= 0.6 is 0 Å². The summed E-state index contributed by atoms with van der Waals surface area (Å²) in [5.41, 5.74) is 2.82. The largest absolute Gasteiger partial charge is 0.470 e. The lowest BCUT2D eigenvalue weighted by Gasteiger charge is -2.45. The van der Waals surface area contributed by atoms with Gasteiger partial charge in [-0.15, -0.1) is 0 Å². The van der Waals surface area contributed by atoms with Gasteiger partial charge < -0.3 is 19.4 Å². The summed E-state index contributed by atoms with van der Waals surface area (Å²) >= 11 is 0. The predicted octanol–water partition coefficient (Wildman–Crippen LogP) is 2.12. The molecule has 1 spiro atoms. The molecule has 2 aliphatic heterocycles. The van der Waals surface area contributed by atoms with Gasteiger partial charge in [0.15, 0.2) is 0 Å². The fourth-order valence-electron chi connectivity index (χ4n) is 3.49. The molecule has 1 aromatic heterocycles. The summed E-state index contributed by atoms with van der Waals surface area (Å²) in [5, 5.41) is 3.43. The molecule has 0 bridgehead atoms. The fourth-order valence-corrected chi connectivity index (χ4v) is 3.49. The van der Waals surface area contributed by atoms with Gasteiger partial charge in [0.05, 0.1) is 24.2 Å². The van der Waals surface area contributed by atoms with Crippen molar-refractivity contribution < 1.29 is 9.15 Å². The van der Waals surface area contributed by atoms with E-state index in [1.165, 1.54) is 24.1 Å². The number of anilines is 1. The second-order valence-electron chi connectivity index (χ2n) is 6.19. The average molecular weight is 262 g/mol. The first-order chi connectivity index (χ1) is 9.36. The van der Waals surface area contributed by atoms with Crippen molar-refractivity contribution in [2.24, 2.45) is 0 Å². The van der Waals surface area contributed by atoms with Crippen molar-refractivity contribution in [2.45, 2.75) is 37.2 Å². The molecule has 1 N–H and O–H groups in total. The van der Waals surface area contributed by atoms with E-state index >= 15 is 0 Å². The van der Waals surface area contributed by atoms with E-state index < -0.39 is 0 Å². The number of nitrogens with zero attached hydrogens (tertiary/aromatic N) is 1. The summed E-state index contributed by atoms with van der Waals surface area (Å²) in [7, 11) is 0. The van der Waals surface area contributed by atoms with Crippen molar-refractivity contribution in [3.8, 4) is 0 Å². The summed E-state index contributed by atoms with van der Waals surface area (Å²) in [5.74, 6) is 0.751. The van der Waals surface area contributed by atoms with Crippen molar-refractivity contribution in [1.82, 2.24) is 5.32 Å². The first kappa shape index (κ1) is 11.8. The smallest absolute Gasteiger partial charge is 0.114 e. The topological polar surface area (TPSA) is 37.6 Å². The first-order valence-electron chi connectivity index (χ1n) is 7.52. The molecule has 1 aromatic rings. The molecule has 19 heavy (non-hydrogen) atoms. The zero-order valence-corrected chi connectivity index (χ0v) is 11.4. The summed E-state index contributed by atoms with van der Waals surface area (Å²) in [6.07, 6.45) is 8.80. The number of rotatable bonds is 2. The van der Waals surface area contributed by atoms with E-state index in [4.69, 9.17) is 9.15 Å². The Morgan fingerprint density at radius 2 is 2.05 bits per heavy atom. The van der Waals surface area contributed by atoms with Crippen LogP contribution in [-0.4, -0.2) is 38.4 Å². The maximum absolute atomic E-state index is 6.14. The summed E-state index contributed by atoms with van der Waals surface area (Å²) in [4.78, 5) is 2.49. The minimum absolute atomic E-state index is 0.0710. The molecule has 1 aliphatic carbocycles. The lowest BCUT2D eigenvalue weighted by atomic mass is 9.90. The van der Waals surface area contributed by atoms with Crippen LogP contribution in [0.25, 0.3) is 0 Å². The molecule has 0 unspecified atom stereocenters. The Kier molecular flexibility index (Phi) is 2.81. The third-order valence-corrected chi connectivity index (χ3v) is 4.79. The van der Waals surface area contributed by atoms with Crippen molar-refractivity contribution in [3.63, 3.8) is 0 Å². The molecule has 0 aromatic carbocycles. The quantitative estimate of drug-likeness (QED) is 0.886. The maximum atomic E-state index is 6.14. The second-order valence-corrected chi connectivity index (χ2v) is 6.19. The van der Waals surface area contributed by atoms with Gasteiger partial charge in [-0.1, -0.05) is 0 Å². The van der Waals surface area contributed by atoms with E-state index in [1.807, 2.05) is 12.5 Å². The molecular weight excluding hydrogens is 240 g/mol. The van der Waals surface area contributed by atoms with Crippen LogP contribution in [0.4, 0.5) is 5.69 Å². The van der Waals surface area contributed by atoms with Gasteiger partial charge in [0.25, 0.3) is 0 Å². The van der Waals surface area contributed by atoms with Gasteiger partial charge in [-0.25, -0.2) is 0 Å². The van der Waals surface area contributed by atoms with Crippen LogP contribution in [-0.2, 0) is 4.74 Å². The molecule has 3 aliphatic rings. The van der Waals surface area contributed by atoms with Gasteiger partial charge in [0, 0.05) is 18.7 Å². The SMILES string of the molecule is c1occ(N2CCOC3(CCNCC3)C2)c1C1CC1. The highest BCUT2D eigenvalue weighted by Gasteiger charge is 2.39. The Morgan fingerprint density at radius 1 is 1.21 bits per heavy atom. The van der Waals surface area contributed by atoms with Gasteiger partial charge in [0.2, 0.25) is 0 Å². The van der Waals surface area contributed by atoms with Gasteiger partial charge in [-0.05, 0) is 44.7 Å². The zero-order valence-electron chi connectivity index (χ0n) is 11.4. The monoisotopic (exact) mass is 262 g/mol. The average Bonchev–Trinajstić information content (AvgIpc) is 3.17. The molecule has 0 radical (unpaired) electrons. The van der Waals surface area contributed by atoms with Crippen molar-refractivity contribution in [3.05, 3.63) is 18.1 Å². The molecule has 1 saturated carbocycles. The van der Waals surface area contributed by atoms with Crippen LogP contribution in [0.2, 0.25) is 0 Å². The van der Waals surface area contributed by atoms with Crippen molar-refractivity contribution in [1.29, 1.82) is 0 Å². The van der Waals surface area contributed by atoms with Crippen LogP contribution in [0.3, 0.4) is 0 Å². The minimum Gasteiger partial charge on any atom is -0.470 e. The van der Waals surface area contributed by atoms with Crippen LogP contribution in [0, 0.1) is 0 Å². The highest BCUT2D eigenvalue weighted by molar-refractivity contribution is 5.54. The molecule has 4 heteroatoms. The number of furan rings is 1. The lowest BCUT2D eigenvalue weighted by Crippen LogP contribution is -2.56. The van der Waals surface area contributed by atoms with E-state index in [2.05, 4.69) is 10.2 Å². The van der Waals surface area contributed by atoms with Gasteiger partial charge >= 0.3 is 0 Å². The molecule has 3 fully saturated rings. The molecule has 2 saturated heterocycles. The molecular formula is C15H22N2O2. The van der Waals surface area contributed by atoms with Crippen LogP contribution < -0.4 is 10.2 Å². The third-order valence-electron chi connectivity index (χ3n) is 4.79. The Hall–Kier alpha value is -1.00. The minimum atomic E-state index is 0.0710. The third kappa shape index (κ3) is 2.17. The van der Waals surface area contributed by atoms with Gasteiger partial charge in [-0.2, -0.15) is 0 Å². The number of hydrogen-bond acceptors (Lipinski definition) is 4. The molecule has 0 amide bonds. The normalized spacial score (nSPS) is 26.8. The second kappa shape index (κ2) is 4.53. The molecule has 0 atom stereocenters. The number of nitrogens with one attached hydrogen (secondary N) is 1. The molecule has 4 rings (SSSR count). The zero-order chi connectivity index (χ0) is 12.7. The van der Waals surface area contributed by atoms with Crippen LogP contribution in [0.15, 0.2) is 16.9 Å². The molecule has 104 valence electrons. The Balaban J connectivity index is 1.55. The van der Waals surface area contributed by atoms with Crippen LogP contribution in [0.5, 0.6) is 0 Å². The maximum Gasteiger partial charge on any atom is 0.114 e. The van der Waals surface area contributed by atoms with E-state index in [0.717, 1.165) is 51.5 Å². The summed E-state index contributed by atoms with van der Waals surface area (Å²) < 4.78 is 11.6. The number of morpholine rings is 1. The number of ether oxygens (including phenoxy) is 1. The van der Waals surface area contributed by atoms with Gasteiger partial charge in [-0.3, -0.25) is 0 Å². The Morgan fingerprint density at radius 3 is 2.84 bits per heavy atom. The highest BCUT2D eigenvalue weighted by atomic mass is 16.5. The summed E-state index contributed by atoms with van der Waals surface area (Å²) in [6, 6.07) is 0. The van der Waals surface area contributed by atoms with E-state index in [-0.39, 0.29) is 5.60 Å². The molecule has 4 nitrogen and oxygen atoms in total. The Bertz CT molecular complexity index is 441. The predicted molar refractivity (Wildman–Crippen MR) is 73.7 cm³/mol. The van der Waals surface area contributed by atoms with E-state index in [9.17, 15) is 0 Å². The van der Waals surface area contributed by atoms with E-state index in [1.54, 1.807) is 0 Å². The lowest BCUT2D eigenvalue weighted by molar-refractivity contribution is -0.0739. The highest BCUT2D eigenvalue weighted by Crippen LogP contribution is 2.45. The van der Waals surface area contributed by atoms with Crippen LogP contribution in [0.1, 0.15) is 37.2 Å². The number of hydrogen-bond donors (Lipinski definition) is 1. The molecule has 3 heterocycles.